The van der Waals surface area contributed by atoms with Crippen molar-refractivity contribution in [2.24, 2.45) is 4.99 Å². The number of aryl methyl sites for hydroxylation is 1. The Morgan fingerprint density at radius 3 is 2.28 bits per heavy atom. The van der Waals surface area contributed by atoms with Gasteiger partial charge < -0.3 is 10.1 Å². The van der Waals surface area contributed by atoms with E-state index < -0.39 is 11.0 Å². The number of nitro benzene ring substituents is 1. The number of amides is 2. The lowest BCUT2D eigenvalue weighted by molar-refractivity contribution is -0.385. The third kappa shape index (κ3) is 16.4. The third-order valence-corrected chi connectivity index (χ3v) is 7.13. The lowest BCUT2D eigenvalue weighted by Crippen LogP contribution is -2.30. The number of nitrogens with one attached hydrogen (secondary N) is 2. The summed E-state index contributed by atoms with van der Waals surface area (Å²) in [6.07, 6.45) is 19.4. The number of urea groups is 1. The molecule has 0 unspecified atom stereocenters. The normalized spacial score (nSPS) is 10.6. The van der Waals surface area contributed by atoms with Crippen LogP contribution >= 0.6 is 0 Å². The molecule has 1 heterocycles. The first-order valence-electron chi connectivity index (χ1n) is 15.8. The van der Waals surface area contributed by atoms with Crippen LogP contribution in [0.4, 0.5) is 16.4 Å². The number of para-hydroxylation sites is 1. The van der Waals surface area contributed by atoms with Crippen LogP contribution in [0.5, 0.6) is 5.88 Å². The van der Waals surface area contributed by atoms with E-state index in [-0.39, 0.29) is 24.1 Å². The molecule has 11 nitrogen and oxygen atoms in total. The number of aromatic nitrogens is 2. The van der Waals surface area contributed by atoms with Gasteiger partial charge in [-0.2, -0.15) is 4.98 Å². The number of isocyanates is 1. The molecule has 11 heteroatoms. The van der Waals surface area contributed by atoms with Crippen LogP contribution in [0, 0.1) is 10.1 Å². The van der Waals surface area contributed by atoms with Gasteiger partial charge in [-0.05, 0) is 31.7 Å². The highest BCUT2D eigenvalue weighted by Crippen LogP contribution is 2.21. The van der Waals surface area contributed by atoms with Gasteiger partial charge >= 0.3 is 6.03 Å². The Bertz CT molecular complexity index is 1140. The first-order valence-corrected chi connectivity index (χ1v) is 15.8. The maximum Gasteiger partial charge on any atom is 0.321 e. The van der Waals surface area contributed by atoms with Crippen LogP contribution in [0.2, 0.25) is 0 Å². The van der Waals surface area contributed by atoms with Crippen LogP contribution in [0.3, 0.4) is 0 Å². The molecule has 43 heavy (non-hydrogen) atoms. The van der Waals surface area contributed by atoms with Crippen LogP contribution in [0.25, 0.3) is 0 Å². The Hall–Kier alpha value is -3.85. The molecule has 0 saturated heterocycles. The van der Waals surface area contributed by atoms with E-state index in [1.807, 2.05) is 0 Å². The molecule has 0 atom stereocenters. The summed E-state index contributed by atoms with van der Waals surface area (Å²) in [7, 11) is 0. The van der Waals surface area contributed by atoms with Gasteiger partial charge in [0.15, 0.2) is 0 Å². The van der Waals surface area contributed by atoms with E-state index in [2.05, 4.69) is 32.5 Å². The molecule has 0 radical (unpaired) electrons. The zero-order valence-corrected chi connectivity index (χ0v) is 25.7. The highest BCUT2D eigenvalue weighted by atomic mass is 16.6. The molecule has 0 aliphatic rings. The number of rotatable bonds is 24. The molecule has 2 rings (SSSR count). The van der Waals surface area contributed by atoms with Gasteiger partial charge in [0.05, 0.1) is 17.0 Å². The maximum atomic E-state index is 12.5. The Morgan fingerprint density at radius 2 is 1.58 bits per heavy atom. The Balaban J connectivity index is 1.88. The number of benzene rings is 1. The van der Waals surface area contributed by atoms with Gasteiger partial charge in [0.25, 0.3) is 5.69 Å². The molecule has 2 N–H and O–H groups in total. The zero-order valence-electron chi connectivity index (χ0n) is 25.7. The minimum absolute atomic E-state index is 0.0214. The summed E-state index contributed by atoms with van der Waals surface area (Å²) in [6, 6.07) is 7.74. The Kier molecular flexibility index (Phi) is 18.7. The molecule has 0 fully saturated rings. The summed E-state index contributed by atoms with van der Waals surface area (Å²) in [6.45, 7) is 3.18. The summed E-state index contributed by atoms with van der Waals surface area (Å²) in [5.74, 6) is 0.377. The number of nitrogens with zero attached hydrogens (tertiary/aromatic N) is 4. The van der Waals surface area contributed by atoms with E-state index in [0.717, 1.165) is 44.2 Å². The lowest BCUT2D eigenvalue weighted by Gasteiger charge is -2.11. The first kappa shape index (κ1) is 35.3. The summed E-state index contributed by atoms with van der Waals surface area (Å²) < 4.78 is 5.85. The van der Waals surface area contributed by atoms with Crippen molar-refractivity contribution >= 4 is 23.7 Å². The van der Waals surface area contributed by atoms with Gasteiger partial charge in [0, 0.05) is 24.4 Å². The van der Waals surface area contributed by atoms with Crippen molar-refractivity contribution in [3.63, 3.8) is 0 Å². The van der Waals surface area contributed by atoms with E-state index in [0.29, 0.717) is 25.1 Å². The van der Waals surface area contributed by atoms with Crippen LogP contribution in [0.1, 0.15) is 114 Å². The second-order valence-electron chi connectivity index (χ2n) is 10.7. The zero-order chi connectivity index (χ0) is 31.0. The summed E-state index contributed by atoms with van der Waals surface area (Å²) >= 11 is 0. The van der Waals surface area contributed by atoms with Crippen molar-refractivity contribution in [3.8, 4) is 5.88 Å². The number of hydrogen-bond acceptors (Lipinski definition) is 8. The highest BCUT2D eigenvalue weighted by molar-refractivity contribution is 5.87. The largest absolute Gasteiger partial charge is 0.472 e. The number of ether oxygens (including phenoxy) is 1. The second-order valence-corrected chi connectivity index (χ2v) is 10.7. The fraction of sp³-hybridized carbons (Fsp3) is 0.625. The van der Waals surface area contributed by atoms with E-state index in [1.165, 1.54) is 69.9 Å². The predicted octanol–water partition coefficient (Wildman–Crippen LogP) is 7.84. The maximum absolute atomic E-state index is 12.5. The SMILES string of the molecule is CCCCCCCCCCCCCc1cc(OCc2ccccc2[N+](=O)[O-])nc(NC(=O)NCCCCCCN=C=O)n1. The average Bonchev–Trinajstić information content (AvgIpc) is 3.00. The van der Waals surface area contributed by atoms with Gasteiger partial charge in [-0.15, -0.1) is 0 Å². The number of carbonyl (C=O) groups excluding carboxylic acids is 2. The minimum atomic E-state index is -0.437. The van der Waals surface area contributed by atoms with E-state index in [9.17, 15) is 19.7 Å². The number of aliphatic imine (C=N–C) groups is 1. The smallest absolute Gasteiger partial charge is 0.321 e. The molecule has 0 saturated carbocycles. The van der Waals surface area contributed by atoms with Crippen molar-refractivity contribution in [2.75, 3.05) is 18.4 Å². The number of anilines is 1. The van der Waals surface area contributed by atoms with Crippen LogP contribution in [-0.2, 0) is 17.8 Å². The Morgan fingerprint density at radius 1 is 0.930 bits per heavy atom. The molecule has 0 aliphatic carbocycles. The van der Waals surface area contributed by atoms with Crippen LogP contribution < -0.4 is 15.4 Å². The molecular formula is C32H48N6O5. The fourth-order valence-electron chi connectivity index (χ4n) is 4.73. The van der Waals surface area contributed by atoms with Gasteiger partial charge in [0.1, 0.15) is 6.61 Å². The predicted molar refractivity (Wildman–Crippen MR) is 168 cm³/mol. The number of hydrogen-bond donors (Lipinski definition) is 2. The monoisotopic (exact) mass is 596 g/mol. The van der Waals surface area contributed by atoms with E-state index in [1.54, 1.807) is 24.3 Å². The van der Waals surface area contributed by atoms with Crippen molar-refractivity contribution in [2.45, 2.75) is 116 Å². The fourth-order valence-corrected chi connectivity index (χ4v) is 4.73. The van der Waals surface area contributed by atoms with E-state index in [4.69, 9.17) is 4.74 Å². The number of unbranched alkanes of at least 4 members (excludes halogenated alkanes) is 13. The average molecular weight is 597 g/mol. The molecule has 0 spiro atoms. The summed E-state index contributed by atoms with van der Waals surface area (Å²) in [4.78, 5) is 45.9. The quantitative estimate of drug-likeness (QED) is 0.0412. The Labute approximate surface area is 255 Å². The highest BCUT2D eigenvalue weighted by Gasteiger charge is 2.14. The van der Waals surface area contributed by atoms with Crippen LogP contribution in [0.15, 0.2) is 35.3 Å². The van der Waals surface area contributed by atoms with Crippen molar-refractivity contribution in [1.82, 2.24) is 15.3 Å². The third-order valence-electron chi connectivity index (χ3n) is 7.13. The molecule has 2 amide bonds. The minimum Gasteiger partial charge on any atom is -0.472 e. The van der Waals surface area contributed by atoms with Gasteiger partial charge in [-0.3, -0.25) is 15.4 Å². The molecule has 2 aromatic rings. The molecular weight excluding hydrogens is 548 g/mol. The van der Waals surface area contributed by atoms with Crippen molar-refractivity contribution in [3.05, 3.63) is 51.7 Å². The van der Waals surface area contributed by atoms with Crippen molar-refractivity contribution < 1.29 is 19.2 Å². The first-order chi connectivity index (χ1) is 21.0. The van der Waals surface area contributed by atoms with Crippen molar-refractivity contribution in [1.29, 1.82) is 0 Å². The molecule has 1 aromatic carbocycles. The second kappa shape index (κ2) is 22.7. The molecule has 0 bridgehead atoms. The lowest BCUT2D eigenvalue weighted by atomic mass is 10.0. The summed E-state index contributed by atoms with van der Waals surface area (Å²) in [5, 5.41) is 16.9. The number of carbonyl (C=O) groups is 1. The number of nitro groups is 1. The van der Waals surface area contributed by atoms with Gasteiger partial charge in [-0.25, -0.2) is 19.6 Å². The standard InChI is InChI=1S/C32H48N6O5/c1-2-3-4-5-6-7-8-9-10-11-14-20-28-24-30(43-25-27-19-15-16-21-29(27)38(41)42)36-31(35-28)37-32(40)34-23-18-13-12-17-22-33-26-39/h15-16,19,21,24H,2-14,17-18,20,22-23,25H2,1H3,(H2,34,35,36,37,40). The van der Waals surface area contributed by atoms with Gasteiger partial charge in [-0.1, -0.05) is 96.1 Å². The van der Waals surface area contributed by atoms with Gasteiger partial charge in [0.2, 0.25) is 17.9 Å². The summed E-state index contributed by atoms with van der Waals surface area (Å²) in [5.41, 5.74) is 1.16. The van der Waals surface area contributed by atoms with Crippen LogP contribution in [-0.4, -0.2) is 40.1 Å². The molecule has 236 valence electrons. The topological polar surface area (TPSA) is 149 Å². The molecule has 1 aromatic heterocycles. The molecule has 0 aliphatic heterocycles. The van der Waals surface area contributed by atoms with E-state index >= 15 is 0 Å².